The summed E-state index contributed by atoms with van der Waals surface area (Å²) in [7, 11) is 2.11. The minimum Gasteiger partial charge on any atom is -0.507 e. The van der Waals surface area contributed by atoms with Gasteiger partial charge in [-0.15, -0.1) is 0 Å². The van der Waals surface area contributed by atoms with E-state index < -0.39 is 0 Å². The smallest absolute Gasteiger partial charge is 0.123 e. The molecule has 2 rings (SSSR count). The maximum atomic E-state index is 10.1. The van der Waals surface area contributed by atoms with E-state index in [4.69, 9.17) is 9.47 Å². The summed E-state index contributed by atoms with van der Waals surface area (Å²) < 4.78 is 10.9. The molecule has 1 aromatic carbocycles. The summed E-state index contributed by atoms with van der Waals surface area (Å²) in [5, 5.41) is 10.1. The number of benzene rings is 1. The van der Waals surface area contributed by atoms with Gasteiger partial charge in [0.2, 0.25) is 0 Å². The molecule has 1 aliphatic rings. The summed E-state index contributed by atoms with van der Waals surface area (Å²) >= 11 is 0. The number of hydrogen-bond donors (Lipinski definition) is 1. The lowest BCUT2D eigenvalue weighted by molar-refractivity contribution is 0.0549. The Hall–Kier alpha value is -1.26. The SMILES string of the molecule is CCCOc1ccc(CN(C)CC2CCOCC2)c(O)c1. The highest BCUT2D eigenvalue weighted by Gasteiger charge is 2.16. The summed E-state index contributed by atoms with van der Waals surface area (Å²) in [5.74, 6) is 1.77. The van der Waals surface area contributed by atoms with Crippen molar-refractivity contribution >= 4 is 0 Å². The third kappa shape index (κ3) is 5.21. The lowest BCUT2D eigenvalue weighted by Crippen LogP contribution is -2.29. The van der Waals surface area contributed by atoms with Crippen molar-refractivity contribution in [3.05, 3.63) is 23.8 Å². The molecule has 0 aliphatic carbocycles. The predicted molar refractivity (Wildman–Crippen MR) is 83.8 cm³/mol. The maximum Gasteiger partial charge on any atom is 0.123 e. The van der Waals surface area contributed by atoms with Crippen molar-refractivity contribution in [1.82, 2.24) is 4.90 Å². The van der Waals surface area contributed by atoms with Crippen LogP contribution < -0.4 is 4.74 Å². The van der Waals surface area contributed by atoms with Crippen LogP contribution in [-0.2, 0) is 11.3 Å². The van der Waals surface area contributed by atoms with Crippen molar-refractivity contribution in [1.29, 1.82) is 0 Å². The van der Waals surface area contributed by atoms with Crippen LogP contribution in [0.2, 0.25) is 0 Å². The van der Waals surface area contributed by atoms with E-state index in [-0.39, 0.29) is 0 Å². The topological polar surface area (TPSA) is 41.9 Å². The summed E-state index contributed by atoms with van der Waals surface area (Å²) in [4.78, 5) is 2.28. The molecule has 21 heavy (non-hydrogen) atoms. The van der Waals surface area contributed by atoms with Crippen LogP contribution in [0.25, 0.3) is 0 Å². The number of aromatic hydroxyl groups is 1. The molecule has 1 N–H and O–H groups in total. The lowest BCUT2D eigenvalue weighted by atomic mass is 9.99. The van der Waals surface area contributed by atoms with Crippen LogP contribution in [0.4, 0.5) is 0 Å². The van der Waals surface area contributed by atoms with E-state index in [0.717, 1.165) is 56.9 Å². The molecule has 0 aromatic heterocycles. The van der Waals surface area contributed by atoms with Crippen molar-refractivity contribution in [2.45, 2.75) is 32.7 Å². The van der Waals surface area contributed by atoms with E-state index in [9.17, 15) is 5.11 Å². The standard InChI is InChI=1S/C17H27NO3/c1-3-8-21-16-5-4-15(17(19)11-16)13-18(2)12-14-6-9-20-10-7-14/h4-5,11,14,19H,3,6-10,12-13H2,1-2H3. The zero-order valence-electron chi connectivity index (χ0n) is 13.2. The van der Waals surface area contributed by atoms with Crippen molar-refractivity contribution in [2.24, 2.45) is 5.92 Å². The normalized spacial score (nSPS) is 16.3. The number of rotatable bonds is 7. The molecule has 1 heterocycles. The second-order valence-electron chi connectivity index (χ2n) is 5.89. The molecule has 0 bridgehead atoms. The second-order valence-corrected chi connectivity index (χ2v) is 5.89. The van der Waals surface area contributed by atoms with Gasteiger partial charge in [0.05, 0.1) is 6.61 Å². The van der Waals surface area contributed by atoms with E-state index >= 15 is 0 Å². The molecular formula is C17H27NO3. The molecule has 0 radical (unpaired) electrons. The first-order valence-corrected chi connectivity index (χ1v) is 7.90. The number of phenolic OH excluding ortho intramolecular Hbond substituents is 1. The molecule has 1 fully saturated rings. The molecule has 0 saturated carbocycles. The van der Waals surface area contributed by atoms with E-state index in [1.165, 1.54) is 0 Å². The molecule has 1 aromatic rings. The third-order valence-electron chi connectivity index (χ3n) is 3.88. The van der Waals surface area contributed by atoms with E-state index in [1.54, 1.807) is 6.07 Å². The Morgan fingerprint density at radius 3 is 2.76 bits per heavy atom. The van der Waals surface area contributed by atoms with Crippen LogP contribution in [0.5, 0.6) is 11.5 Å². The molecule has 4 heteroatoms. The Kier molecular flexibility index (Phi) is 6.33. The average molecular weight is 293 g/mol. The third-order valence-corrected chi connectivity index (χ3v) is 3.88. The highest BCUT2D eigenvalue weighted by Crippen LogP contribution is 2.25. The van der Waals surface area contributed by atoms with Crippen LogP contribution in [0.1, 0.15) is 31.7 Å². The van der Waals surface area contributed by atoms with Gasteiger partial charge in [0.1, 0.15) is 11.5 Å². The monoisotopic (exact) mass is 293 g/mol. The van der Waals surface area contributed by atoms with Gasteiger partial charge in [0.25, 0.3) is 0 Å². The first kappa shape index (κ1) is 16.1. The number of phenols is 1. The molecule has 0 unspecified atom stereocenters. The fourth-order valence-corrected chi connectivity index (χ4v) is 2.71. The average Bonchev–Trinajstić information content (AvgIpc) is 2.48. The highest BCUT2D eigenvalue weighted by molar-refractivity contribution is 5.39. The zero-order valence-corrected chi connectivity index (χ0v) is 13.2. The minimum absolute atomic E-state index is 0.322. The van der Waals surface area contributed by atoms with Gasteiger partial charge < -0.3 is 19.5 Å². The van der Waals surface area contributed by atoms with E-state index in [1.807, 2.05) is 12.1 Å². The molecule has 1 aliphatic heterocycles. The molecule has 0 amide bonds. The van der Waals surface area contributed by atoms with E-state index in [2.05, 4.69) is 18.9 Å². The molecule has 0 spiro atoms. The van der Waals surface area contributed by atoms with E-state index in [0.29, 0.717) is 18.3 Å². The Morgan fingerprint density at radius 1 is 1.33 bits per heavy atom. The van der Waals surface area contributed by atoms with Gasteiger partial charge in [0, 0.05) is 37.9 Å². The molecule has 1 saturated heterocycles. The predicted octanol–water partition coefficient (Wildman–Crippen LogP) is 3.04. The molecular weight excluding hydrogens is 266 g/mol. The van der Waals surface area contributed by atoms with Gasteiger partial charge in [-0.25, -0.2) is 0 Å². The number of nitrogens with zero attached hydrogens (tertiary/aromatic N) is 1. The van der Waals surface area contributed by atoms with Gasteiger partial charge in [-0.3, -0.25) is 0 Å². The van der Waals surface area contributed by atoms with Crippen LogP contribution in [0.15, 0.2) is 18.2 Å². The Labute approximate surface area is 127 Å². The Morgan fingerprint density at radius 2 is 2.10 bits per heavy atom. The molecule has 118 valence electrons. The zero-order chi connectivity index (χ0) is 15.1. The lowest BCUT2D eigenvalue weighted by Gasteiger charge is -2.27. The van der Waals surface area contributed by atoms with Crippen LogP contribution in [0.3, 0.4) is 0 Å². The number of ether oxygens (including phenoxy) is 2. The minimum atomic E-state index is 0.322. The Balaban J connectivity index is 1.86. The van der Waals surface area contributed by atoms with Gasteiger partial charge in [0.15, 0.2) is 0 Å². The quantitative estimate of drug-likeness (QED) is 0.839. The van der Waals surface area contributed by atoms with Gasteiger partial charge >= 0.3 is 0 Å². The van der Waals surface area contributed by atoms with Gasteiger partial charge in [-0.05, 0) is 38.3 Å². The fourth-order valence-electron chi connectivity index (χ4n) is 2.71. The largest absolute Gasteiger partial charge is 0.507 e. The molecule has 4 nitrogen and oxygen atoms in total. The first-order chi connectivity index (χ1) is 10.2. The van der Waals surface area contributed by atoms with Crippen molar-refractivity contribution in [2.75, 3.05) is 33.4 Å². The fraction of sp³-hybridized carbons (Fsp3) is 0.647. The number of hydrogen-bond acceptors (Lipinski definition) is 4. The maximum absolute atomic E-state index is 10.1. The highest BCUT2D eigenvalue weighted by atomic mass is 16.5. The van der Waals surface area contributed by atoms with Crippen molar-refractivity contribution < 1.29 is 14.6 Å². The first-order valence-electron chi connectivity index (χ1n) is 7.90. The summed E-state index contributed by atoms with van der Waals surface area (Å²) in [6, 6.07) is 5.61. The van der Waals surface area contributed by atoms with Crippen molar-refractivity contribution in [3.63, 3.8) is 0 Å². The van der Waals surface area contributed by atoms with Crippen LogP contribution in [0, 0.1) is 5.92 Å². The summed E-state index contributed by atoms with van der Waals surface area (Å²) in [5.41, 5.74) is 0.952. The second kappa shape index (κ2) is 8.25. The van der Waals surface area contributed by atoms with Crippen LogP contribution in [-0.4, -0.2) is 43.4 Å². The van der Waals surface area contributed by atoms with Gasteiger partial charge in [-0.2, -0.15) is 0 Å². The summed E-state index contributed by atoms with van der Waals surface area (Å²) in [6.45, 7) is 6.33. The Bertz CT molecular complexity index is 430. The molecule has 0 atom stereocenters. The van der Waals surface area contributed by atoms with Gasteiger partial charge in [-0.1, -0.05) is 13.0 Å². The summed E-state index contributed by atoms with van der Waals surface area (Å²) in [6.07, 6.45) is 3.25. The van der Waals surface area contributed by atoms with Crippen LogP contribution >= 0.6 is 0 Å². The van der Waals surface area contributed by atoms with Crippen molar-refractivity contribution in [3.8, 4) is 11.5 Å².